The van der Waals surface area contributed by atoms with Gasteiger partial charge >= 0.3 is 12.4 Å². The first-order chi connectivity index (χ1) is 21.7. The molecule has 3 atom stereocenters. The zero-order chi connectivity index (χ0) is 34.7. The van der Waals surface area contributed by atoms with Gasteiger partial charge in [0.25, 0.3) is 0 Å². The molecule has 3 heterocycles. The molecule has 15 heteroatoms. The van der Waals surface area contributed by atoms with Crippen LogP contribution in [-0.4, -0.2) is 55.0 Å². The topological polar surface area (TPSA) is 82.6 Å². The fourth-order valence-electron chi connectivity index (χ4n) is 6.49. The van der Waals surface area contributed by atoms with E-state index in [0.717, 1.165) is 0 Å². The summed E-state index contributed by atoms with van der Waals surface area (Å²) in [5.41, 5.74) is -3.89. The molecule has 2 fully saturated rings. The highest BCUT2D eigenvalue weighted by molar-refractivity contribution is 7.88. The zero-order valence-corrected chi connectivity index (χ0v) is 26.7. The van der Waals surface area contributed by atoms with Gasteiger partial charge in [0.1, 0.15) is 11.6 Å². The molecule has 2 saturated heterocycles. The number of benzene rings is 2. The molecular weight excluding hydrogens is 653 g/mol. The highest BCUT2D eigenvalue weighted by Crippen LogP contribution is 2.42. The van der Waals surface area contributed by atoms with Crippen LogP contribution < -0.4 is 10.2 Å². The minimum Gasteiger partial charge on any atom is -0.353 e. The molecule has 254 valence electrons. The van der Waals surface area contributed by atoms with Crippen molar-refractivity contribution in [1.82, 2.24) is 9.29 Å². The second-order valence-electron chi connectivity index (χ2n) is 12.4. The number of carbonyl (C=O) groups excluding carboxylic acids is 1. The molecular formula is C32H33F7N4O3S. The third-order valence-corrected chi connectivity index (χ3v) is 10.5. The monoisotopic (exact) mass is 686 g/mol. The van der Waals surface area contributed by atoms with Gasteiger partial charge in [-0.1, -0.05) is 13.0 Å². The van der Waals surface area contributed by atoms with Crippen molar-refractivity contribution in [2.75, 3.05) is 29.6 Å². The Balaban J connectivity index is 1.55. The van der Waals surface area contributed by atoms with E-state index in [9.17, 15) is 43.9 Å². The van der Waals surface area contributed by atoms with E-state index in [1.165, 1.54) is 48.8 Å². The molecule has 0 aliphatic carbocycles. The van der Waals surface area contributed by atoms with Gasteiger partial charge in [0.15, 0.2) is 0 Å². The molecule has 2 bridgehead atoms. The number of hydrogen-bond acceptors (Lipinski definition) is 5. The maximum atomic E-state index is 14.1. The second-order valence-corrected chi connectivity index (χ2v) is 14.3. The molecule has 5 rings (SSSR count). The van der Waals surface area contributed by atoms with Crippen LogP contribution in [0.25, 0.3) is 11.1 Å². The van der Waals surface area contributed by atoms with E-state index in [0.29, 0.717) is 60.6 Å². The van der Waals surface area contributed by atoms with Crippen LogP contribution in [0.5, 0.6) is 0 Å². The number of piperazine rings is 1. The molecule has 2 aliphatic rings. The van der Waals surface area contributed by atoms with Crippen molar-refractivity contribution in [1.29, 1.82) is 0 Å². The van der Waals surface area contributed by atoms with Crippen LogP contribution in [0.15, 0.2) is 48.7 Å². The van der Waals surface area contributed by atoms with Crippen molar-refractivity contribution in [3.05, 3.63) is 76.7 Å². The van der Waals surface area contributed by atoms with Gasteiger partial charge in [-0.2, -0.15) is 30.6 Å². The van der Waals surface area contributed by atoms with Crippen LogP contribution in [0.4, 0.5) is 42.2 Å². The molecule has 0 saturated carbocycles. The number of rotatable bonds is 7. The Kier molecular flexibility index (Phi) is 8.88. The summed E-state index contributed by atoms with van der Waals surface area (Å²) in [5, 5.41) is 2.68. The van der Waals surface area contributed by atoms with Gasteiger partial charge in [-0.15, -0.1) is 0 Å². The number of sulfonamides is 1. The number of aryl methyl sites for hydroxylation is 1. The van der Waals surface area contributed by atoms with E-state index in [2.05, 4.69) is 10.3 Å². The molecule has 1 aromatic heterocycles. The molecule has 1 unspecified atom stereocenters. The number of aromatic nitrogens is 1. The van der Waals surface area contributed by atoms with E-state index in [4.69, 9.17) is 0 Å². The Bertz CT molecular complexity index is 1770. The molecule has 3 aromatic rings. The first kappa shape index (κ1) is 34.6. The summed E-state index contributed by atoms with van der Waals surface area (Å²) in [4.78, 5) is 20.3. The minimum absolute atomic E-state index is 0.0114. The summed E-state index contributed by atoms with van der Waals surface area (Å²) in [6, 6.07) is 6.23. The van der Waals surface area contributed by atoms with E-state index in [-0.39, 0.29) is 30.3 Å². The Morgan fingerprint density at radius 1 is 0.915 bits per heavy atom. The summed E-state index contributed by atoms with van der Waals surface area (Å²) in [7, 11) is -3.43. The number of amides is 1. The van der Waals surface area contributed by atoms with Crippen LogP contribution in [-0.2, 0) is 32.6 Å². The lowest BCUT2D eigenvalue weighted by Crippen LogP contribution is -2.55. The standard InChI is InChI=1S/C32H33F7N4O3S/c1-5-30(3,19-11-20(31(34,35)36)13-21(12-19)32(37,38)39)29(44)41-27-15-40-28(14-26(27)25-9-6-22(33)10-18(25)2)42-16-23-7-8-24(17-42)43(23)47(4,45)46/h6,9-15,23-24H,5,7-8,16-17H2,1-4H3,(H,41,44)/t23-,24+,30?. The van der Waals surface area contributed by atoms with Crippen LogP contribution >= 0.6 is 0 Å². The average molecular weight is 687 g/mol. The van der Waals surface area contributed by atoms with E-state index in [1.54, 1.807) is 13.0 Å². The van der Waals surface area contributed by atoms with Crippen molar-refractivity contribution in [2.45, 2.75) is 69.9 Å². The van der Waals surface area contributed by atoms with Gasteiger partial charge < -0.3 is 10.2 Å². The Morgan fingerprint density at radius 2 is 1.47 bits per heavy atom. The van der Waals surface area contributed by atoms with Crippen LogP contribution in [0.2, 0.25) is 0 Å². The van der Waals surface area contributed by atoms with Crippen LogP contribution in [0, 0.1) is 12.7 Å². The maximum absolute atomic E-state index is 14.1. The SMILES string of the molecule is CCC(C)(C(=O)Nc1cnc(N2C[C@H]3CC[C@@H](C2)N3S(C)(=O)=O)cc1-c1ccc(F)cc1C)c1cc(C(F)(F)F)cc(C(F)(F)F)c1. The molecule has 1 amide bonds. The Hall–Kier alpha value is -3.72. The molecule has 1 N–H and O–H groups in total. The van der Waals surface area contributed by atoms with Crippen molar-refractivity contribution in [3.8, 4) is 11.1 Å². The smallest absolute Gasteiger partial charge is 0.353 e. The van der Waals surface area contributed by atoms with Gasteiger partial charge in [-0.3, -0.25) is 4.79 Å². The number of fused-ring (bicyclic) bond motifs is 2. The van der Waals surface area contributed by atoms with Crippen molar-refractivity contribution >= 4 is 27.4 Å². The first-order valence-electron chi connectivity index (χ1n) is 14.8. The lowest BCUT2D eigenvalue weighted by molar-refractivity contribution is -0.143. The van der Waals surface area contributed by atoms with Gasteiger partial charge in [0, 0.05) is 30.7 Å². The quantitative estimate of drug-likeness (QED) is 0.267. The minimum atomic E-state index is -5.10. The molecule has 47 heavy (non-hydrogen) atoms. The van der Waals surface area contributed by atoms with Crippen molar-refractivity contribution in [3.63, 3.8) is 0 Å². The fraction of sp³-hybridized carbons (Fsp3) is 0.438. The number of nitrogens with zero attached hydrogens (tertiary/aromatic N) is 3. The number of pyridine rings is 1. The molecule has 0 spiro atoms. The number of nitrogens with one attached hydrogen (secondary N) is 1. The normalized spacial score (nSPS) is 20.3. The predicted octanol–water partition coefficient (Wildman–Crippen LogP) is 7.15. The van der Waals surface area contributed by atoms with Gasteiger partial charge in [-0.05, 0) is 86.2 Å². The predicted molar refractivity (Wildman–Crippen MR) is 163 cm³/mol. The summed E-state index contributed by atoms with van der Waals surface area (Å²) < 4.78 is 122. The number of alkyl halides is 6. The second kappa shape index (κ2) is 12.1. The third-order valence-electron chi connectivity index (χ3n) is 9.17. The number of carbonyl (C=O) groups is 1. The summed E-state index contributed by atoms with van der Waals surface area (Å²) >= 11 is 0. The lowest BCUT2D eigenvalue weighted by atomic mass is 9.77. The highest BCUT2D eigenvalue weighted by Gasteiger charge is 2.45. The maximum Gasteiger partial charge on any atom is 0.416 e. The fourth-order valence-corrected chi connectivity index (χ4v) is 7.92. The average Bonchev–Trinajstić information content (AvgIpc) is 3.27. The molecule has 2 aliphatic heterocycles. The molecule has 7 nitrogen and oxygen atoms in total. The summed E-state index contributed by atoms with van der Waals surface area (Å²) in [5.74, 6) is -0.927. The largest absolute Gasteiger partial charge is 0.416 e. The van der Waals surface area contributed by atoms with Crippen LogP contribution in [0.3, 0.4) is 0 Å². The van der Waals surface area contributed by atoms with Crippen molar-refractivity contribution < 1.29 is 43.9 Å². The van der Waals surface area contributed by atoms with E-state index in [1.807, 2.05) is 4.90 Å². The number of halogens is 7. The number of anilines is 2. The summed E-state index contributed by atoms with van der Waals surface area (Å²) in [6.07, 6.45) is -6.49. The summed E-state index contributed by atoms with van der Waals surface area (Å²) in [6.45, 7) is 5.10. The zero-order valence-electron chi connectivity index (χ0n) is 25.9. The Labute approximate surface area is 267 Å². The highest BCUT2D eigenvalue weighted by atomic mass is 32.2. The van der Waals surface area contributed by atoms with E-state index >= 15 is 0 Å². The van der Waals surface area contributed by atoms with Gasteiger partial charge in [-0.25, -0.2) is 17.8 Å². The number of hydrogen-bond donors (Lipinski definition) is 1. The van der Waals surface area contributed by atoms with E-state index < -0.39 is 56.2 Å². The Morgan fingerprint density at radius 3 is 1.96 bits per heavy atom. The molecule has 0 radical (unpaired) electrons. The van der Waals surface area contributed by atoms with Crippen molar-refractivity contribution in [2.24, 2.45) is 0 Å². The van der Waals surface area contributed by atoms with Gasteiger partial charge in [0.2, 0.25) is 15.9 Å². The van der Waals surface area contributed by atoms with Gasteiger partial charge in [0.05, 0.1) is 34.7 Å². The third kappa shape index (κ3) is 6.82. The molecule has 2 aromatic carbocycles. The lowest BCUT2D eigenvalue weighted by Gasteiger charge is -2.40. The first-order valence-corrected chi connectivity index (χ1v) is 16.7. The van der Waals surface area contributed by atoms with Crippen LogP contribution in [0.1, 0.15) is 55.4 Å².